The molecule has 0 aromatic rings. The molecule has 0 bridgehead atoms. The number of ether oxygens (including phenoxy) is 2. The van der Waals surface area contributed by atoms with Gasteiger partial charge in [-0.25, -0.2) is 9.36 Å². The van der Waals surface area contributed by atoms with Gasteiger partial charge in [0.05, 0.1) is 19.8 Å². The summed E-state index contributed by atoms with van der Waals surface area (Å²) in [4.78, 5) is 27.1. The van der Waals surface area contributed by atoms with Crippen LogP contribution >= 0.6 is 7.82 Å². The second-order valence-corrected chi connectivity index (χ2v) is 3.55. The highest BCUT2D eigenvalue weighted by atomic mass is 31.2. The number of hydrogen-bond donors (Lipinski definition) is 2. The third-order valence-electron chi connectivity index (χ3n) is 1.13. The fourth-order valence-electron chi connectivity index (χ4n) is 0.577. The maximum absolute atomic E-state index is 10.5. The zero-order valence-electron chi connectivity index (χ0n) is 8.00. The Morgan fingerprint density at radius 3 is 2.40 bits per heavy atom. The fraction of sp³-hybridized carbons (Fsp3) is 0.571. The number of hydrogen-bond acceptors (Lipinski definition) is 5. The Hall–Kier alpha value is -0.720. The van der Waals surface area contributed by atoms with Crippen LogP contribution < -0.4 is 0 Å². The monoisotopic (exact) mass is 240 g/mol. The van der Waals surface area contributed by atoms with Gasteiger partial charge < -0.3 is 19.3 Å². The van der Waals surface area contributed by atoms with E-state index in [1.54, 1.807) is 0 Å². The molecule has 88 valence electrons. The van der Waals surface area contributed by atoms with Crippen molar-refractivity contribution in [2.24, 2.45) is 0 Å². The zero-order valence-corrected chi connectivity index (χ0v) is 8.89. The molecule has 0 fully saturated rings. The van der Waals surface area contributed by atoms with Gasteiger partial charge in [0.2, 0.25) is 0 Å². The molecule has 0 aliphatic carbocycles. The van der Waals surface area contributed by atoms with Gasteiger partial charge in [0.25, 0.3) is 0 Å². The van der Waals surface area contributed by atoms with Gasteiger partial charge in [-0.3, -0.25) is 4.52 Å². The summed E-state index contributed by atoms with van der Waals surface area (Å²) in [5.41, 5.74) is 0. The highest BCUT2D eigenvalue weighted by Gasteiger charge is 2.12. The Morgan fingerprint density at radius 1 is 1.27 bits per heavy atom. The van der Waals surface area contributed by atoms with Crippen LogP contribution in [0.5, 0.6) is 0 Å². The van der Waals surface area contributed by atoms with E-state index in [9.17, 15) is 9.36 Å². The topological polar surface area (TPSA) is 102 Å². The number of carbonyl (C=O) groups excluding carboxylic acids is 1. The van der Waals surface area contributed by atoms with Gasteiger partial charge >= 0.3 is 13.8 Å². The Morgan fingerprint density at radius 2 is 1.87 bits per heavy atom. The number of rotatable bonds is 8. The van der Waals surface area contributed by atoms with Crippen molar-refractivity contribution in [2.45, 2.75) is 0 Å². The average molecular weight is 240 g/mol. The standard InChI is InChI=1S/C7H13O7P/c1-2-7(8)13-5-3-12-4-6-14-15(9,10)11/h2H,1,3-6H2,(H2,9,10,11). The van der Waals surface area contributed by atoms with Crippen molar-refractivity contribution in [1.82, 2.24) is 0 Å². The van der Waals surface area contributed by atoms with E-state index < -0.39 is 13.8 Å². The molecule has 15 heavy (non-hydrogen) atoms. The molecule has 0 aromatic heterocycles. The second-order valence-electron chi connectivity index (χ2n) is 2.31. The maximum atomic E-state index is 10.5. The van der Waals surface area contributed by atoms with Gasteiger partial charge in [0.1, 0.15) is 6.61 Å². The number of phosphoric ester groups is 1. The Bertz CT molecular complexity index is 246. The number of carbonyl (C=O) groups is 1. The first-order valence-electron chi connectivity index (χ1n) is 4.03. The van der Waals surface area contributed by atoms with Crippen molar-refractivity contribution >= 4 is 13.8 Å². The quantitative estimate of drug-likeness (QED) is 0.263. The summed E-state index contributed by atoms with van der Waals surface area (Å²) in [5, 5.41) is 0. The minimum atomic E-state index is -4.42. The summed E-state index contributed by atoms with van der Waals surface area (Å²) in [6, 6.07) is 0. The lowest BCUT2D eigenvalue weighted by molar-refractivity contribution is -0.139. The third-order valence-corrected chi connectivity index (χ3v) is 1.64. The third kappa shape index (κ3) is 11.2. The molecule has 2 N–H and O–H groups in total. The summed E-state index contributed by atoms with van der Waals surface area (Å²) < 4.78 is 23.7. The lowest BCUT2D eigenvalue weighted by Gasteiger charge is -2.06. The normalized spacial score (nSPS) is 11.1. The van der Waals surface area contributed by atoms with Gasteiger partial charge in [-0.2, -0.15) is 0 Å². The highest BCUT2D eigenvalue weighted by Crippen LogP contribution is 2.35. The average Bonchev–Trinajstić information content (AvgIpc) is 2.14. The molecule has 8 heteroatoms. The van der Waals surface area contributed by atoms with Crippen LogP contribution in [0.4, 0.5) is 0 Å². The summed E-state index contributed by atoms with van der Waals surface area (Å²) in [6.07, 6.45) is 1.02. The van der Waals surface area contributed by atoms with Gasteiger partial charge in [-0.05, 0) is 0 Å². The van der Waals surface area contributed by atoms with Crippen molar-refractivity contribution in [2.75, 3.05) is 26.4 Å². The molecular weight excluding hydrogens is 227 g/mol. The molecule has 0 aliphatic rings. The fourth-order valence-corrected chi connectivity index (χ4v) is 0.890. The Kier molecular flexibility index (Phi) is 7.19. The molecule has 0 radical (unpaired) electrons. The molecule has 7 nitrogen and oxygen atoms in total. The molecule has 0 saturated heterocycles. The van der Waals surface area contributed by atoms with E-state index in [4.69, 9.17) is 14.5 Å². The van der Waals surface area contributed by atoms with Crippen LogP contribution in [0.25, 0.3) is 0 Å². The maximum Gasteiger partial charge on any atom is 0.469 e. The van der Waals surface area contributed by atoms with Crippen LogP contribution in [0, 0.1) is 0 Å². The van der Waals surface area contributed by atoms with Crippen molar-refractivity contribution in [3.05, 3.63) is 12.7 Å². The molecule has 0 saturated carbocycles. The molecule has 0 aliphatic heterocycles. The molecule has 0 unspecified atom stereocenters. The van der Waals surface area contributed by atoms with Crippen LogP contribution in [0.2, 0.25) is 0 Å². The van der Waals surface area contributed by atoms with E-state index >= 15 is 0 Å². The molecule has 0 atom stereocenters. The van der Waals surface area contributed by atoms with E-state index in [1.807, 2.05) is 0 Å². The van der Waals surface area contributed by atoms with E-state index in [0.717, 1.165) is 6.08 Å². The first-order valence-corrected chi connectivity index (χ1v) is 5.56. The van der Waals surface area contributed by atoms with Crippen LogP contribution in [-0.4, -0.2) is 42.2 Å². The van der Waals surface area contributed by atoms with Crippen molar-refractivity contribution in [3.63, 3.8) is 0 Å². The van der Waals surface area contributed by atoms with E-state index in [2.05, 4.69) is 15.8 Å². The van der Waals surface area contributed by atoms with E-state index in [0.29, 0.717) is 0 Å². The predicted octanol–water partition coefficient (Wildman–Crippen LogP) is -0.159. The molecule has 0 heterocycles. The first kappa shape index (κ1) is 14.3. The molecule has 0 spiro atoms. The minimum absolute atomic E-state index is 0.0107. The second kappa shape index (κ2) is 7.56. The molecule has 0 amide bonds. The van der Waals surface area contributed by atoms with Gasteiger partial charge in [-0.1, -0.05) is 6.58 Å². The first-order chi connectivity index (χ1) is 6.95. The molecular formula is C7H13O7P. The van der Waals surface area contributed by atoms with Crippen LogP contribution in [0.1, 0.15) is 0 Å². The zero-order chi connectivity index (χ0) is 11.7. The Balaban J connectivity index is 3.22. The lowest BCUT2D eigenvalue weighted by Crippen LogP contribution is -2.11. The molecule has 0 rings (SSSR count). The summed E-state index contributed by atoms with van der Waals surface area (Å²) in [6.45, 7) is 3.17. The van der Waals surface area contributed by atoms with E-state index in [1.165, 1.54) is 0 Å². The lowest BCUT2D eigenvalue weighted by atomic mass is 10.6. The molecule has 0 aromatic carbocycles. The van der Waals surface area contributed by atoms with Crippen molar-refractivity contribution in [1.29, 1.82) is 0 Å². The SMILES string of the molecule is C=CC(=O)OCCOCCOP(=O)(O)O. The van der Waals surface area contributed by atoms with E-state index in [-0.39, 0.29) is 26.4 Å². The number of phosphoric acid groups is 1. The van der Waals surface area contributed by atoms with Gasteiger partial charge in [0.15, 0.2) is 0 Å². The van der Waals surface area contributed by atoms with Crippen LogP contribution in [-0.2, 0) is 23.4 Å². The van der Waals surface area contributed by atoms with Crippen molar-refractivity contribution in [3.8, 4) is 0 Å². The predicted molar refractivity (Wildman–Crippen MR) is 50.0 cm³/mol. The largest absolute Gasteiger partial charge is 0.469 e. The highest BCUT2D eigenvalue weighted by molar-refractivity contribution is 7.46. The van der Waals surface area contributed by atoms with Crippen LogP contribution in [0.15, 0.2) is 12.7 Å². The smallest absolute Gasteiger partial charge is 0.460 e. The summed E-state index contributed by atoms with van der Waals surface area (Å²) in [7, 11) is -4.42. The summed E-state index contributed by atoms with van der Waals surface area (Å²) >= 11 is 0. The number of esters is 1. The van der Waals surface area contributed by atoms with Gasteiger partial charge in [0, 0.05) is 6.08 Å². The summed E-state index contributed by atoms with van der Waals surface area (Å²) in [5.74, 6) is -0.551. The Labute approximate surface area is 86.9 Å². The van der Waals surface area contributed by atoms with Crippen LogP contribution in [0.3, 0.4) is 0 Å². The minimum Gasteiger partial charge on any atom is -0.460 e. The van der Waals surface area contributed by atoms with Crippen molar-refractivity contribution < 1.29 is 33.1 Å². The van der Waals surface area contributed by atoms with Gasteiger partial charge in [-0.15, -0.1) is 0 Å².